The summed E-state index contributed by atoms with van der Waals surface area (Å²) in [7, 11) is 0. The normalized spacial score (nSPS) is 21.8. The van der Waals surface area contributed by atoms with Gasteiger partial charge in [-0.3, -0.25) is 14.2 Å². The molecule has 0 spiro atoms. The Labute approximate surface area is 146 Å². The Bertz CT molecular complexity index is 818. The van der Waals surface area contributed by atoms with Gasteiger partial charge in [-0.1, -0.05) is 12.1 Å². The maximum atomic E-state index is 12.7. The van der Waals surface area contributed by atoms with Crippen LogP contribution >= 0.6 is 0 Å². The summed E-state index contributed by atoms with van der Waals surface area (Å²) in [5.74, 6) is 0.175. The lowest BCUT2D eigenvalue weighted by atomic mass is 10.0. The standard InChI is InChI=1S/C19H23N3O3/c23-18(12-15-4-3-11-25-15)21-9-7-14(8-10-21)22-13-20-17-6-2-1-5-16(17)19(22)24/h1-2,5-6,13-15H,3-4,7-12H2. The lowest BCUT2D eigenvalue weighted by molar-refractivity contribution is -0.134. The molecule has 2 fully saturated rings. The van der Waals surface area contributed by atoms with Gasteiger partial charge in [0.15, 0.2) is 0 Å². The molecule has 1 atom stereocenters. The van der Waals surface area contributed by atoms with Crippen LogP contribution in [0, 0.1) is 0 Å². The van der Waals surface area contributed by atoms with Gasteiger partial charge in [-0.15, -0.1) is 0 Å². The average Bonchev–Trinajstić information content (AvgIpc) is 3.15. The van der Waals surface area contributed by atoms with Crippen LogP contribution in [0.15, 0.2) is 35.4 Å². The van der Waals surface area contributed by atoms with Crippen molar-refractivity contribution in [2.45, 2.75) is 44.2 Å². The van der Waals surface area contributed by atoms with Gasteiger partial charge in [0, 0.05) is 25.7 Å². The Hall–Kier alpha value is -2.21. The maximum Gasteiger partial charge on any atom is 0.261 e. The first-order valence-electron chi connectivity index (χ1n) is 9.07. The molecule has 2 aromatic rings. The molecule has 0 N–H and O–H groups in total. The van der Waals surface area contributed by atoms with Crippen molar-refractivity contribution in [3.05, 3.63) is 40.9 Å². The summed E-state index contributed by atoms with van der Waals surface area (Å²) in [6.07, 6.45) is 5.85. The Kier molecular flexibility index (Phi) is 4.53. The first-order valence-corrected chi connectivity index (χ1v) is 9.07. The van der Waals surface area contributed by atoms with Crippen molar-refractivity contribution in [1.82, 2.24) is 14.5 Å². The zero-order valence-electron chi connectivity index (χ0n) is 14.3. The maximum absolute atomic E-state index is 12.7. The minimum absolute atomic E-state index is 0.00901. The molecule has 1 amide bonds. The fourth-order valence-electron chi connectivity index (χ4n) is 3.87. The number of aromatic nitrogens is 2. The fourth-order valence-corrected chi connectivity index (χ4v) is 3.87. The molecular weight excluding hydrogens is 318 g/mol. The molecule has 1 aromatic carbocycles. The predicted octanol–water partition coefficient (Wildman–Crippen LogP) is 2.13. The van der Waals surface area contributed by atoms with E-state index < -0.39 is 0 Å². The molecule has 25 heavy (non-hydrogen) atoms. The minimum atomic E-state index is 0.00901. The number of hydrogen-bond donors (Lipinski definition) is 0. The number of likely N-dealkylation sites (tertiary alicyclic amines) is 1. The molecule has 3 heterocycles. The van der Waals surface area contributed by atoms with E-state index in [4.69, 9.17) is 4.74 Å². The number of hydrogen-bond acceptors (Lipinski definition) is 4. The number of rotatable bonds is 3. The molecule has 0 saturated carbocycles. The highest BCUT2D eigenvalue weighted by atomic mass is 16.5. The lowest BCUT2D eigenvalue weighted by Gasteiger charge is -2.33. The zero-order chi connectivity index (χ0) is 17.2. The molecule has 6 heteroatoms. The third kappa shape index (κ3) is 3.31. The minimum Gasteiger partial charge on any atom is -0.378 e. The second-order valence-electron chi connectivity index (χ2n) is 6.93. The largest absolute Gasteiger partial charge is 0.378 e. The third-order valence-corrected chi connectivity index (χ3v) is 5.33. The van der Waals surface area contributed by atoms with Gasteiger partial charge in [0.2, 0.25) is 5.91 Å². The number of ether oxygens (including phenoxy) is 1. The van der Waals surface area contributed by atoms with E-state index in [2.05, 4.69) is 4.98 Å². The Morgan fingerprint density at radius 2 is 2.00 bits per heavy atom. The van der Waals surface area contributed by atoms with Crippen molar-refractivity contribution < 1.29 is 9.53 Å². The van der Waals surface area contributed by atoms with Crippen LogP contribution < -0.4 is 5.56 Å². The monoisotopic (exact) mass is 341 g/mol. The second kappa shape index (κ2) is 6.96. The van der Waals surface area contributed by atoms with E-state index in [-0.39, 0.29) is 23.6 Å². The first kappa shape index (κ1) is 16.3. The number of fused-ring (bicyclic) bond motifs is 1. The van der Waals surface area contributed by atoms with Gasteiger partial charge in [0.25, 0.3) is 5.56 Å². The molecule has 4 rings (SSSR count). The predicted molar refractivity (Wildman–Crippen MR) is 94.4 cm³/mol. The average molecular weight is 341 g/mol. The van der Waals surface area contributed by atoms with Gasteiger partial charge in [-0.05, 0) is 37.8 Å². The van der Waals surface area contributed by atoms with Crippen LogP contribution in [0.3, 0.4) is 0 Å². The summed E-state index contributed by atoms with van der Waals surface area (Å²) >= 11 is 0. The summed E-state index contributed by atoms with van der Waals surface area (Å²) in [6, 6.07) is 7.53. The number of carbonyl (C=O) groups is 1. The van der Waals surface area contributed by atoms with Crippen molar-refractivity contribution in [2.24, 2.45) is 0 Å². The van der Waals surface area contributed by atoms with Crippen molar-refractivity contribution in [3.8, 4) is 0 Å². The number of benzene rings is 1. The Morgan fingerprint density at radius 1 is 1.20 bits per heavy atom. The number of piperidine rings is 1. The van der Waals surface area contributed by atoms with E-state index in [9.17, 15) is 9.59 Å². The first-order chi connectivity index (χ1) is 12.2. The summed E-state index contributed by atoms with van der Waals surface area (Å²) < 4.78 is 7.30. The summed E-state index contributed by atoms with van der Waals surface area (Å²) in [6.45, 7) is 2.16. The van der Waals surface area contributed by atoms with Crippen LogP contribution in [0.4, 0.5) is 0 Å². The van der Waals surface area contributed by atoms with Crippen molar-refractivity contribution in [2.75, 3.05) is 19.7 Å². The number of carbonyl (C=O) groups excluding carboxylic acids is 1. The van der Waals surface area contributed by atoms with Gasteiger partial charge < -0.3 is 9.64 Å². The van der Waals surface area contributed by atoms with Crippen LogP contribution in [0.2, 0.25) is 0 Å². The fraction of sp³-hybridized carbons (Fsp3) is 0.526. The molecule has 2 saturated heterocycles. The van der Waals surface area contributed by atoms with Crippen LogP contribution in [0.25, 0.3) is 10.9 Å². The second-order valence-corrected chi connectivity index (χ2v) is 6.93. The van der Waals surface area contributed by atoms with Crippen molar-refractivity contribution >= 4 is 16.8 Å². The van der Waals surface area contributed by atoms with Crippen molar-refractivity contribution in [3.63, 3.8) is 0 Å². The molecule has 0 aliphatic carbocycles. The van der Waals surface area contributed by atoms with Crippen LogP contribution in [0.1, 0.15) is 38.1 Å². The molecule has 2 aliphatic heterocycles. The van der Waals surface area contributed by atoms with Crippen LogP contribution in [0.5, 0.6) is 0 Å². The molecule has 132 valence electrons. The van der Waals surface area contributed by atoms with Gasteiger partial charge in [0.1, 0.15) is 0 Å². The highest BCUT2D eigenvalue weighted by molar-refractivity contribution is 5.77. The number of nitrogens with zero attached hydrogens (tertiary/aromatic N) is 3. The molecular formula is C19H23N3O3. The smallest absolute Gasteiger partial charge is 0.261 e. The van der Waals surface area contributed by atoms with E-state index in [1.165, 1.54) is 0 Å². The zero-order valence-corrected chi connectivity index (χ0v) is 14.3. The highest BCUT2D eigenvalue weighted by Gasteiger charge is 2.27. The summed E-state index contributed by atoms with van der Waals surface area (Å²) in [4.78, 5) is 31.4. The SMILES string of the molecule is O=C(CC1CCCO1)N1CCC(n2cnc3ccccc3c2=O)CC1. The molecule has 0 radical (unpaired) electrons. The summed E-state index contributed by atoms with van der Waals surface area (Å²) in [5.41, 5.74) is 0.739. The lowest BCUT2D eigenvalue weighted by Crippen LogP contribution is -2.41. The highest BCUT2D eigenvalue weighted by Crippen LogP contribution is 2.23. The molecule has 6 nitrogen and oxygen atoms in total. The van der Waals surface area contributed by atoms with Gasteiger partial charge in [0.05, 0.1) is 29.8 Å². The Morgan fingerprint density at radius 3 is 2.76 bits per heavy atom. The van der Waals surface area contributed by atoms with E-state index in [1.54, 1.807) is 10.9 Å². The van der Waals surface area contributed by atoms with E-state index in [0.29, 0.717) is 24.9 Å². The third-order valence-electron chi connectivity index (χ3n) is 5.33. The summed E-state index contributed by atoms with van der Waals surface area (Å²) in [5, 5.41) is 0.655. The van der Waals surface area contributed by atoms with Crippen molar-refractivity contribution in [1.29, 1.82) is 0 Å². The van der Waals surface area contributed by atoms with Gasteiger partial charge >= 0.3 is 0 Å². The quantitative estimate of drug-likeness (QED) is 0.858. The molecule has 0 bridgehead atoms. The van der Waals surface area contributed by atoms with Gasteiger partial charge in [-0.2, -0.15) is 0 Å². The van der Waals surface area contributed by atoms with Crippen LogP contribution in [-0.2, 0) is 9.53 Å². The topological polar surface area (TPSA) is 64.4 Å². The van der Waals surface area contributed by atoms with Crippen LogP contribution in [-0.4, -0.2) is 46.2 Å². The number of para-hydroxylation sites is 1. The van der Waals surface area contributed by atoms with E-state index >= 15 is 0 Å². The van der Waals surface area contributed by atoms with E-state index in [1.807, 2.05) is 29.2 Å². The number of amides is 1. The molecule has 1 unspecified atom stereocenters. The molecule has 1 aromatic heterocycles. The van der Waals surface area contributed by atoms with E-state index in [0.717, 1.165) is 37.8 Å². The van der Waals surface area contributed by atoms with Gasteiger partial charge in [-0.25, -0.2) is 4.98 Å². The Balaban J connectivity index is 1.42. The molecule has 2 aliphatic rings.